The first-order chi connectivity index (χ1) is 12.8. The van der Waals surface area contributed by atoms with Gasteiger partial charge in [0.2, 0.25) is 0 Å². The molecule has 1 fully saturated rings. The van der Waals surface area contributed by atoms with Gasteiger partial charge in [0.05, 0.1) is 17.9 Å². The highest BCUT2D eigenvalue weighted by atomic mass is 16.5. The molecule has 1 saturated carbocycles. The number of para-hydroxylation sites is 1. The normalized spacial score (nSPS) is 13.4. The average Bonchev–Trinajstić information content (AvgIpc) is 3.35. The lowest BCUT2D eigenvalue weighted by Crippen LogP contribution is -2.23. The van der Waals surface area contributed by atoms with Crippen molar-refractivity contribution in [2.45, 2.75) is 19.4 Å². The first kappa shape index (κ1) is 16.3. The van der Waals surface area contributed by atoms with Gasteiger partial charge in [-0.15, -0.1) is 0 Å². The first-order valence-corrected chi connectivity index (χ1v) is 8.73. The maximum Gasteiger partial charge on any atom is 0.255 e. The molecule has 132 valence electrons. The minimum Gasteiger partial charge on any atom is -0.492 e. The summed E-state index contributed by atoms with van der Waals surface area (Å²) in [5, 5.41) is 7.09. The molecule has 0 saturated heterocycles. The minimum absolute atomic E-state index is 0.137. The predicted molar refractivity (Wildman–Crippen MR) is 97.2 cm³/mol. The molecule has 0 radical (unpaired) electrons. The fourth-order valence-corrected chi connectivity index (χ4v) is 2.70. The number of hydrogen-bond acceptors (Lipinski definition) is 4. The molecule has 0 unspecified atom stereocenters. The van der Waals surface area contributed by atoms with E-state index in [0.29, 0.717) is 30.4 Å². The number of nitrogens with zero attached hydrogens (tertiary/aromatic N) is 3. The second kappa shape index (κ2) is 7.39. The van der Waals surface area contributed by atoms with Crippen molar-refractivity contribution in [2.75, 3.05) is 6.61 Å². The standard InChI is InChI=1S/C20H20N4O2/c25-20(18-6-1-2-7-19(18)26-12-15-8-9-15)22-11-16-4-3-5-17(10-16)24-14-21-13-23-24/h1-7,10,13-15H,8-9,11-12H2,(H,22,25). The summed E-state index contributed by atoms with van der Waals surface area (Å²) in [5.41, 5.74) is 2.46. The van der Waals surface area contributed by atoms with Crippen LogP contribution in [-0.2, 0) is 6.54 Å². The van der Waals surface area contributed by atoms with Crippen molar-refractivity contribution in [2.24, 2.45) is 5.92 Å². The summed E-state index contributed by atoms with van der Waals surface area (Å²) in [6.07, 6.45) is 5.57. The van der Waals surface area contributed by atoms with Crippen molar-refractivity contribution in [3.05, 3.63) is 72.3 Å². The lowest BCUT2D eigenvalue weighted by atomic mass is 10.1. The van der Waals surface area contributed by atoms with Crippen LogP contribution in [0.1, 0.15) is 28.8 Å². The van der Waals surface area contributed by atoms with Crippen LogP contribution in [0.4, 0.5) is 0 Å². The summed E-state index contributed by atoms with van der Waals surface area (Å²) in [7, 11) is 0. The molecule has 0 atom stereocenters. The van der Waals surface area contributed by atoms with E-state index in [-0.39, 0.29) is 5.91 Å². The van der Waals surface area contributed by atoms with Gasteiger partial charge in [0.25, 0.3) is 5.91 Å². The Bertz CT molecular complexity index is 888. The lowest BCUT2D eigenvalue weighted by molar-refractivity contribution is 0.0946. The van der Waals surface area contributed by atoms with E-state index < -0.39 is 0 Å². The van der Waals surface area contributed by atoms with Gasteiger partial charge in [-0.2, -0.15) is 5.10 Å². The zero-order valence-electron chi connectivity index (χ0n) is 14.3. The quantitative estimate of drug-likeness (QED) is 0.713. The summed E-state index contributed by atoms with van der Waals surface area (Å²) in [4.78, 5) is 16.5. The number of aromatic nitrogens is 3. The topological polar surface area (TPSA) is 69.0 Å². The molecule has 6 nitrogen and oxygen atoms in total. The van der Waals surface area contributed by atoms with E-state index in [4.69, 9.17) is 4.74 Å². The van der Waals surface area contributed by atoms with Crippen molar-refractivity contribution in [1.29, 1.82) is 0 Å². The van der Waals surface area contributed by atoms with Gasteiger partial charge < -0.3 is 10.1 Å². The number of carbonyl (C=O) groups excluding carboxylic acids is 1. The molecular formula is C20H20N4O2. The van der Waals surface area contributed by atoms with Crippen molar-refractivity contribution >= 4 is 5.91 Å². The predicted octanol–water partition coefficient (Wildman–Crippen LogP) is 2.99. The van der Waals surface area contributed by atoms with Gasteiger partial charge >= 0.3 is 0 Å². The Morgan fingerprint density at radius 3 is 2.88 bits per heavy atom. The molecule has 4 rings (SSSR count). The van der Waals surface area contributed by atoms with E-state index in [9.17, 15) is 4.79 Å². The number of carbonyl (C=O) groups is 1. The van der Waals surface area contributed by atoms with Gasteiger partial charge in [-0.05, 0) is 48.6 Å². The Hall–Kier alpha value is -3.15. The zero-order valence-corrected chi connectivity index (χ0v) is 14.3. The van der Waals surface area contributed by atoms with Crippen LogP contribution in [0.2, 0.25) is 0 Å². The molecule has 1 aliphatic rings. The molecule has 1 aromatic heterocycles. The van der Waals surface area contributed by atoms with Crippen molar-refractivity contribution in [1.82, 2.24) is 20.1 Å². The first-order valence-electron chi connectivity index (χ1n) is 8.73. The molecule has 2 aromatic carbocycles. The summed E-state index contributed by atoms with van der Waals surface area (Å²) in [5.74, 6) is 1.15. The highest BCUT2D eigenvalue weighted by Gasteiger charge is 2.23. The highest BCUT2D eigenvalue weighted by Crippen LogP contribution is 2.30. The zero-order chi connectivity index (χ0) is 17.8. The van der Waals surface area contributed by atoms with E-state index in [2.05, 4.69) is 15.4 Å². The Balaban J connectivity index is 1.42. The third kappa shape index (κ3) is 3.91. The fourth-order valence-electron chi connectivity index (χ4n) is 2.70. The molecule has 3 aromatic rings. The van der Waals surface area contributed by atoms with Crippen LogP contribution in [0.5, 0.6) is 5.75 Å². The largest absolute Gasteiger partial charge is 0.492 e. The van der Waals surface area contributed by atoms with Crippen molar-refractivity contribution in [3.8, 4) is 11.4 Å². The molecule has 0 bridgehead atoms. The van der Waals surface area contributed by atoms with Gasteiger partial charge in [-0.1, -0.05) is 24.3 Å². The summed E-state index contributed by atoms with van der Waals surface area (Å²) < 4.78 is 7.51. The molecule has 6 heteroatoms. The van der Waals surface area contributed by atoms with Crippen LogP contribution in [0.3, 0.4) is 0 Å². The van der Waals surface area contributed by atoms with Gasteiger partial charge in [0.15, 0.2) is 0 Å². The highest BCUT2D eigenvalue weighted by molar-refractivity contribution is 5.96. The van der Waals surface area contributed by atoms with Crippen LogP contribution in [0.25, 0.3) is 5.69 Å². The summed E-state index contributed by atoms with van der Waals surface area (Å²) in [6.45, 7) is 1.11. The van der Waals surface area contributed by atoms with Crippen LogP contribution >= 0.6 is 0 Å². The molecule has 1 aliphatic carbocycles. The molecule has 0 spiro atoms. The van der Waals surface area contributed by atoms with E-state index in [0.717, 1.165) is 11.3 Å². The molecule has 1 heterocycles. The van der Waals surface area contributed by atoms with Gasteiger partial charge in [0, 0.05) is 6.54 Å². The molecule has 0 aliphatic heterocycles. The number of rotatable bonds is 7. The van der Waals surface area contributed by atoms with Crippen molar-refractivity contribution in [3.63, 3.8) is 0 Å². The number of nitrogens with one attached hydrogen (secondary N) is 1. The number of hydrogen-bond donors (Lipinski definition) is 1. The van der Waals surface area contributed by atoms with Crippen LogP contribution < -0.4 is 10.1 Å². The van der Waals surface area contributed by atoms with Gasteiger partial charge in [0.1, 0.15) is 18.4 Å². The van der Waals surface area contributed by atoms with Crippen LogP contribution in [-0.4, -0.2) is 27.3 Å². The maximum absolute atomic E-state index is 12.6. The Morgan fingerprint density at radius 2 is 2.08 bits per heavy atom. The molecule has 1 N–H and O–H groups in total. The smallest absolute Gasteiger partial charge is 0.255 e. The number of amides is 1. The summed E-state index contributed by atoms with van der Waals surface area (Å²) >= 11 is 0. The minimum atomic E-state index is -0.137. The van der Waals surface area contributed by atoms with E-state index >= 15 is 0 Å². The Labute approximate surface area is 151 Å². The SMILES string of the molecule is O=C(NCc1cccc(-n2cncn2)c1)c1ccccc1OCC1CC1. The third-order valence-corrected chi connectivity index (χ3v) is 4.35. The van der Waals surface area contributed by atoms with E-state index in [1.54, 1.807) is 17.1 Å². The van der Waals surface area contributed by atoms with Crippen LogP contribution in [0, 0.1) is 5.92 Å². The van der Waals surface area contributed by atoms with Crippen molar-refractivity contribution < 1.29 is 9.53 Å². The maximum atomic E-state index is 12.6. The fraction of sp³-hybridized carbons (Fsp3) is 0.250. The Morgan fingerprint density at radius 1 is 1.19 bits per heavy atom. The molecule has 26 heavy (non-hydrogen) atoms. The summed E-state index contributed by atoms with van der Waals surface area (Å²) in [6, 6.07) is 15.2. The third-order valence-electron chi connectivity index (χ3n) is 4.35. The average molecular weight is 348 g/mol. The van der Waals surface area contributed by atoms with Crippen LogP contribution in [0.15, 0.2) is 61.2 Å². The second-order valence-corrected chi connectivity index (χ2v) is 6.44. The van der Waals surface area contributed by atoms with E-state index in [1.807, 2.05) is 42.5 Å². The monoisotopic (exact) mass is 348 g/mol. The Kier molecular flexibility index (Phi) is 4.64. The lowest BCUT2D eigenvalue weighted by Gasteiger charge is -2.12. The number of benzene rings is 2. The number of ether oxygens (including phenoxy) is 1. The molecular weight excluding hydrogens is 328 g/mol. The van der Waals surface area contributed by atoms with Gasteiger partial charge in [-0.25, -0.2) is 9.67 Å². The second-order valence-electron chi connectivity index (χ2n) is 6.44. The molecule has 1 amide bonds. The van der Waals surface area contributed by atoms with Gasteiger partial charge in [-0.3, -0.25) is 4.79 Å². The van der Waals surface area contributed by atoms with E-state index in [1.165, 1.54) is 19.2 Å².